The topological polar surface area (TPSA) is 48.2 Å². The zero-order valence-corrected chi connectivity index (χ0v) is 14.1. The highest BCUT2D eigenvalue weighted by Gasteiger charge is 2.28. The maximum absolute atomic E-state index is 12.1. The van der Waals surface area contributed by atoms with Crippen molar-refractivity contribution in [1.29, 1.82) is 0 Å². The minimum absolute atomic E-state index is 0.00725. The number of aryl methyl sites for hydroxylation is 2. The first-order valence-corrected chi connectivity index (χ1v) is 7.97. The molecule has 0 spiro atoms. The summed E-state index contributed by atoms with van der Waals surface area (Å²) in [6.07, 6.45) is 2.35. The van der Waals surface area contributed by atoms with E-state index in [2.05, 4.69) is 27.3 Å². The van der Waals surface area contributed by atoms with Gasteiger partial charge in [0.25, 0.3) is 0 Å². The molecule has 114 valence electrons. The van der Waals surface area contributed by atoms with Gasteiger partial charge in [-0.3, -0.25) is 9.13 Å². The van der Waals surface area contributed by atoms with Crippen LogP contribution in [0.25, 0.3) is 11.0 Å². The standard InChI is InChI=1S/C15H20BrN3O2/c1-17-14(13-5-4-6-21-13)9-7-11-12(8-10(9)16)19(3)15(20)18(11)2/h7-8,13-14,17H,4-6H2,1-3H3. The van der Waals surface area contributed by atoms with Gasteiger partial charge in [-0.1, -0.05) is 15.9 Å². The number of rotatable bonds is 3. The molecule has 3 rings (SSSR count). The van der Waals surface area contributed by atoms with Crippen LogP contribution in [0, 0.1) is 0 Å². The van der Waals surface area contributed by atoms with Crippen molar-refractivity contribution in [3.8, 4) is 0 Å². The van der Waals surface area contributed by atoms with Crippen molar-refractivity contribution in [2.45, 2.75) is 25.0 Å². The minimum Gasteiger partial charge on any atom is -0.376 e. The quantitative estimate of drug-likeness (QED) is 0.918. The van der Waals surface area contributed by atoms with Crippen molar-refractivity contribution in [2.75, 3.05) is 13.7 Å². The molecule has 0 bridgehead atoms. The maximum atomic E-state index is 12.1. The van der Waals surface area contributed by atoms with Crippen molar-refractivity contribution in [1.82, 2.24) is 14.5 Å². The molecule has 6 heteroatoms. The van der Waals surface area contributed by atoms with Crippen molar-refractivity contribution >= 4 is 27.0 Å². The normalized spacial score (nSPS) is 20.3. The summed E-state index contributed by atoms with van der Waals surface area (Å²) < 4.78 is 10.2. The maximum Gasteiger partial charge on any atom is 0.328 e. The molecule has 2 atom stereocenters. The lowest BCUT2D eigenvalue weighted by Crippen LogP contribution is -2.29. The summed E-state index contributed by atoms with van der Waals surface area (Å²) in [5, 5.41) is 3.36. The number of nitrogens with zero attached hydrogens (tertiary/aromatic N) is 2. The van der Waals surface area contributed by atoms with Crippen molar-refractivity contribution < 1.29 is 4.74 Å². The van der Waals surface area contributed by atoms with Crippen LogP contribution in [0.4, 0.5) is 0 Å². The Bertz CT molecular complexity index is 729. The van der Waals surface area contributed by atoms with Gasteiger partial charge in [0, 0.05) is 25.2 Å². The predicted octanol–water partition coefficient (Wildman–Crippen LogP) is 2.08. The number of benzene rings is 1. The highest BCUT2D eigenvalue weighted by atomic mass is 79.9. The van der Waals surface area contributed by atoms with E-state index in [1.165, 1.54) is 0 Å². The third-order valence-electron chi connectivity index (χ3n) is 4.37. The van der Waals surface area contributed by atoms with Gasteiger partial charge in [-0.15, -0.1) is 0 Å². The van der Waals surface area contributed by atoms with Crippen LogP contribution in [-0.2, 0) is 18.8 Å². The third-order valence-corrected chi connectivity index (χ3v) is 5.06. The second-order valence-electron chi connectivity index (χ2n) is 5.58. The van der Waals surface area contributed by atoms with Gasteiger partial charge in [0.2, 0.25) is 0 Å². The summed E-state index contributed by atoms with van der Waals surface area (Å²) in [5.41, 5.74) is 3.00. The highest BCUT2D eigenvalue weighted by Crippen LogP contribution is 2.33. The molecular formula is C15H20BrN3O2. The molecule has 5 nitrogen and oxygen atoms in total. The zero-order chi connectivity index (χ0) is 15.1. The molecule has 2 unspecified atom stereocenters. The number of aromatic nitrogens is 2. The Morgan fingerprint density at radius 1 is 1.33 bits per heavy atom. The van der Waals surface area contributed by atoms with E-state index in [1.54, 1.807) is 16.2 Å². The monoisotopic (exact) mass is 353 g/mol. The molecule has 0 saturated carbocycles. The number of nitrogens with one attached hydrogen (secondary N) is 1. The molecule has 1 aliphatic rings. The number of likely N-dealkylation sites (N-methyl/N-ethyl adjacent to an activating group) is 1. The largest absolute Gasteiger partial charge is 0.376 e. The molecule has 21 heavy (non-hydrogen) atoms. The van der Waals surface area contributed by atoms with Crippen LogP contribution in [0.1, 0.15) is 24.4 Å². The summed E-state index contributed by atoms with van der Waals surface area (Å²) in [4.78, 5) is 12.1. The lowest BCUT2D eigenvalue weighted by Gasteiger charge is -2.24. The number of hydrogen-bond acceptors (Lipinski definition) is 3. The van der Waals surface area contributed by atoms with Gasteiger partial charge in [0.05, 0.1) is 23.2 Å². The fourth-order valence-electron chi connectivity index (χ4n) is 3.18. The second-order valence-corrected chi connectivity index (χ2v) is 6.44. The summed E-state index contributed by atoms with van der Waals surface area (Å²) in [6, 6.07) is 4.23. The van der Waals surface area contributed by atoms with Crippen LogP contribution in [0.15, 0.2) is 21.4 Å². The van der Waals surface area contributed by atoms with Crippen LogP contribution < -0.4 is 11.0 Å². The zero-order valence-electron chi connectivity index (χ0n) is 12.5. The van der Waals surface area contributed by atoms with Crippen LogP contribution in [0.5, 0.6) is 0 Å². The van der Waals surface area contributed by atoms with Crippen molar-refractivity contribution in [3.05, 3.63) is 32.7 Å². The summed E-state index contributed by atoms with van der Waals surface area (Å²) in [5.74, 6) is 0. The fraction of sp³-hybridized carbons (Fsp3) is 0.533. The van der Waals surface area contributed by atoms with Gasteiger partial charge in [0.15, 0.2) is 0 Å². The predicted molar refractivity (Wildman–Crippen MR) is 86.6 cm³/mol. The molecule has 2 aromatic rings. The van der Waals surface area contributed by atoms with Gasteiger partial charge in [-0.2, -0.15) is 0 Å². The summed E-state index contributed by atoms with van der Waals surface area (Å²) in [7, 11) is 5.56. The van der Waals surface area contributed by atoms with E-state index in [0.717, 1.165) is 40.5 Å². The van der Waals surface area contributed by atoms with Crippen molar-refractivity contribution in [2.24, 2.45) is 14.1 Å². The molecule has 1 N–H and O–H groups in total. The molecule has 1 aromatic heterocycles. The summed E-state index contributed by atoms with van der Waals surface area (Å²) in [6.45, 7) is 0.826. The number of imidazole rings is 1. The van der Waals surface area contributed by atoms with Crippen LogP contribution in [0.2, 0.25) is 0 Å². The average molecular weight is 354 g/mol. The van der Waals surface area contributed by atoms with E-state index in [1.807, 2.05) is 20.2 Å². The SMILES string of the molecule is CNC(c1cc2c(cc1Br)n(C)c(=O)n2C)C1CCCO1. The Kier molecular flexibility index (Phi) is 3.94. The van der Waals surface area contributed by atoms with E-state index >= 15 is 0 Å². The Balaban J connectivity index is 2.15. The number of hydrogen-bond donors (Lipinski definition) is 1. The van der Waals surface area contributed by atoms with Gasteiger partial charge < -0.3 is 10.1 Å². The van der Waals surface area contributed by atoms with E-state index in [9.17, 15) is 4.79 Å². The van der Waals surface area contributed by atoms with Gasteiger partial charge in [0.1, 0.15) is 0 Å². The van der Waals surface area contributed by atoms with Crippen molar-refractivity contribution in [3.63, 3.8) is 0 Å². The summed E-state index contributed by atoms with van der Waals surface area (Å²) >= 11 is 3.65. The lowest BCUT2D eigenvalue weighted by molar-refractivity contribution is 0.0806. The minimum atomic E-state index is -0.00725. The Morgan fingerprint density at radius 2 is 2.00 bits per heavy atom. The molecule has 1 aliphatic heterocycles. The van der Waals surface area contributed by atoms with Gasteiger partial charge >= 0.3 is 5.69 Å². The average Bonchev–Trinajstić information content (AvgIpc) is 3.06. The Labute approximate surface area is 132 Å². The first-order chi connectivity index (χ1) is 10.0. The Hall–Kier alpha value is -1.11. The molecule has 0 radical (unpaired) electrons. The molecule has 2 heterocycles. The first kappa shape index (κ1) is 14.8. The van der Waals surface area contributed by atoms with Crippen LogP contribution in [-0.4, -0.2) is 28.9 Å². The molecule has 1 saturated heterocycles. The lowest BCUT2D eigenvalue weighted by atomic mass is 9.99. The molecule has 1 fully saturated rings. The third kappa shape index (κ3) is 2.35. The van der Waals surface area contributed by atoms with Gasteiger partial charge in [-0.25, -0.2) is 4.79 Å². The van der Waals surface area contributed by atoms with Gasteiger partial charge in [-0.05, 0) is 37.6 Å². The van der Waals surface area contributed by atoms with Crippen LogP contribution >= 0.6 is 15.9 Å². The number of fused-ring (bicyclic) bond motifs is 1. The fourth-order valence-corrected chi connectivity index (χ4v) is 3.76. The van der Waals surface area contributed by atoms with E-state index < -0.39 is 0 Å². The second kappa shape index (κ2) is 5.59. The Morgan fingerprint density at radius 3 is 2.57 bits per heavy atom. The van der Waals surface area contributed by atoms with E-state index in [0.29, 0.717) is 0 Å². The van der Waals surface area contributed by atoms with E-state index in [4.69, 9.17) is 4.74 Å². The number of ether oxygens (including phenoxy) is 1. The molecular weight excluding hydrogens is 334 g/mol. The molecule has 0 aliphatic carbocycles. The first-order valence-electron chi connectivity index (χ1n) is 7.18. The van der Waals surface area contributed by atoms with E-state index in [-0.39, 0.29) is 17.8 Å². The number of halogens is 1. The molecule has 1 aromatic carbocycles. The molecule has 0 amide bonds. The van der Waals surface area contributed by atoms with Crippen LogP contribution in [0.3, 0.4) is 0 Å². The smallest absolute Gasteiger partial charge is 0.328 e. The highest BCUT2D eigenvalue weighted by molar-refractivity contribution is 9.10.